The van der Waals surface area contributed by atoms with Gasteiger partial charge in [0.25, 0.3) is 0 Å². The highest BCUT2D eigenvalue weighted by molar-refractivity contribution is 6.17. The number of nitrogens with zero attached hydrogens (tertiary/aromatic N) is 1. The van der Waals surface area contributed by atoms with Crippen molar-refractivity contribution in [2.75, 3.05) is 12.5 Å². The van der Waals surface area contributed by atoms with Crippen LogP contribution in [0.5, 0.6) is 0 Å². The Bertz CT molecular complexity index is 219. The SMILES string of the molecule is FC(F)(F)C1=CCN(CCl)C=C1. The van der Waals surface area contributed by atoms with E-state index < -0.39 is 11.7 Å². The van der Waals surface area contributed by atoms with E-state index in [2.05, 4.69) is 0 Å². The molecular weight excluding hydrogens is 191 g/mol. The molecule has 5 heteroatoms. The van der Waals surface area contributed by atoms with E-state index in [-0.39, 0.29) is 12.5 Å². The molecule has 0 spiro atoms. The van der Waals surface area contributed by atoms with Crippen LogP contribution in [0.25, 0.3) is 0 Å². The zero-order valence-electron chi connectivity index (χ0n) is 6.11. The maximum absolute atomic E-state index is 12.0. The maximum Gasteiger partial charge on any atom is 0.416 e. The fraction of sp³-hybridized carbons (Fsp3) is 0.429. The lowest BCUT2D eigenvalue weighted by Gasteiger charge is -2.20. The Kier molecular flexibility index (Phi) is 2.67. The van der Waals surface area contributed by atoms with Crippen LogP contribution in [0.2, 0.25) is 0 Å². The first-order chi connectivity index (χ1) is 5.54. The molecule has 0 radical (unpaired) electrons. The molecule has 1 nitrogen and oxygen atoms in total. The van der Waals surface area contributed by atoms with Crippen molar-refractivity contribution >= 4 is 11.6 Å². The fourth-order valence-electron chi connectivity index (χ4n) is 0.829. The summed E-state index contributed by atoms with van der Waals surface area (Å²) in [5.74, 6) is 0. The van der Waals surface area contributed by atoms with Gasteiger partial charge >= 0.3 is 6.18 Å². The third kappa shape index (κ3) is 2.17. The first kappa shape index (κ1) is 9.45. The first-order valence-electron chi connectivity index (χ1n) is 3.29. The Labute approximate surface area is 73.1 Å². The zero-order valence-corrected chi connectivity index (χ0v) is 6.86. The Hall–Kier alpha value is -0.640. The van der Waals surface area contributed by atoms with Crippen LogP contribution in [0.4, 0.5) is 13.2 Å². The minimum absolute atomic E-state index is 0.206. The standard InChI is InChI=1S/C7H7ClF3N/c8-5-12-3-1-6(2-4-12)7(9,10)11/h1-3H,4-5H2. The normalized spacial score (nSPS) is 18.0. The molecule has 1 aliphatic heterocycles. The van der Waals surface area contributed by atoms with Crippen LogP contribution in [0.3, 0.4) is 0 Å². The molecule has 0 N–H and O–H groups in total. The minimum atomic E-state index is -4.24. The molecule has 0 saturated carbocycles. The molecule has 0 fully saturated rings. The van der Waals surface area contributed by atoms with Crippen molar-refractivity contribution in [2.24, 2.45) is 0 Å². The second-order valence-corrected chi connectivity index (χ2v) is 2.60. The largest absolute Gasteiger partial charge is 0.416 e. The lowest BCUT2D eigenvalue weighted by atomic mass is 10.2. The highest BCUT2D eigenvalue weighted by Gasteiger charge is 2.32. The summed E-state index contributed by atoms with van der Waals surface area (Å²) in [4.78, 5) is 1.57. The molecule has 0 aromatic carbocycles. The number of hydrogen-bond acceptors (Lipinski definition) is 1. The van der Waals surface area contributed by atoms with E-state index in [1.165, 1.54) is 6.20 Å². The molecule has 0 amide bonds. The number of allylic oxidation sites excluding steroid dienone is 2. The Morgan fingerprint density at radius 2 is 2.17 bits per heavy atom. The molecule has 0 aromatic rings. The molecule has 0 atom stereocenters. The summed E-state index contributed by atoms with van der Waals surface area (Å²) in [5, 5.41) is 0. The lowest BCUT2D eigenvalue weighted by Crippen LogP contribution is -2.22. The molecular formula is C7H7ClF3N. The minimum Gasteiger partial charge on any atom is -0.360 e. The van der Waals surface area contributed by atoms with Gasteiger partial charge in [-0.15, -0.1) is 11.6 Å². The van der Waals surface area contributed by atoms with Gasteiger partial charge in [-0.3, -0.25) is 0 Å². The quantitative estimate of drug-likeness (QED) is 0.461. The van der Waals surface area contributed by atoms with E-state index in [1.54, 1.807) is 4.90 Å². The van der Waals surface area contributed by atoms with Gasteiger partial charge < -0.3 is 4.90 Å². The van der Waals surface area contributed by atoms with Crippen LogP contribution in [0.15, 0.2) is 23.9 Å². The Morgan fingerprint density at radius 1 is 1.50 bits per heavy atom. The molecule has 0 aliphatic carbocycles. The van der Waals surface area contributed by atoms with Gasteiger partial charge in [0.15, 0.2) is 0 Å². The Morgan fingerprint density at radius 3 is 2.50 bits per heavy atom. The van der Waals surface area contributed by atoms with E-state index in [0.717, 1.165) is 12.2 Å². The second-order valence-electron chi connectivity index (χ2n) is 2.36. The fourth-order valence-corrected chi connectivity index (χ4v) is 1.01. The van der Waals surface area contributed by atoms with Crippen molar-refractivity contribution in [3.8, 4) is 0 Å². The molecule has 1 heterocycles. The summed E-state index contributed by atoms with van der Waals surface area (Å²) in [6.45, 7) is 0.217. The molecule has 0 bridgehead atoms. The molecule has 12 heavy (non-hydrogen) atoms. The molecule has 0 unspecified atom stereocenters. The van der Waals surface area contributed by atoms with Gasteiger partial charge in [-0.25, -0.2) is 0 Å². The van der Waals surface area contributed by atoms with Crippen LogP contribution in [-0.2, 0) is 0 Å². The highest BCUT2D eigenvalue weighted by atomic mass is 35.5. The topological polar surface area (TPSA) is 3.24 Å². The number of rotatable bonds is 1. The predicted octanol–water partition coefficient (Wildman–Crippen LogP) is 2.50. The molecule has 0 saturated heterocycles. The van der Waals surface area contributed by atoms with Crippen molar-refractivity contribution in [3.05, 3.63) is 23.9 Å². The van der Waals surface area contributed by atoms with E-state index in [4.69, 9.17) is 11.6 Å². The monoisotopic (exact) mass is 197 g/mol. The summed E-state index contributed by atoms with van der Waals surface area (Å²) in [6, 6.07) is 0.206. The summed E-state index contributed by atoms with van der Waals surface area (Å²) in [7, 11) is 0. The smallest absolute Gasteiger partial charge is 0.360 e. The van der Waals surface area contributed by atoms with Gasteiger partial charge in [0, 0.05) is 12.7 Å². The summed E-state index contributed by atoms with van der Waals surface area (Å²) in [5.41, 5.74) is -0.608. The van der Waals surface area contributed by atoms with Gasteiger partial charge in [0.05, 0.1) is 11.6 Å². The summed E-state index contributed by atoms with van der Waals surface area (Å²) in [6.07, 6.45) is -0.765. The molecule has 1 rings (SSSR count). The third-order valence-corrected chi connectivity index (χ3v) is 1.80. The average molecular weight is 198 g/mol. The molecule has 68 valence electrons. The van der Waals surface area contributed by atoms with Crippen LogP contribution < -0.4 is 0 Å². The number of alkyl halides is 4. The summed E-state index contributed by atoms with van der Waals surface area (Å²) < 4.78 is 36.0. The van der Waals surface area contributed by atoms with Gasteiger partial charge in [-0.05, 0) is 6.08 Å². The lowest BCUT2D eigenvalue weighted by molar-refractivity contribution is -0.0888. The number of hydrogen-bond donors (Lipinski definition) is 0. The van der Waals surface area contributed by atoms with Gasteiger partial charge in [-0.2, -0.15) is 13.2 Å². The van der Waals surface area contributed by atoms with Gasteiger partial charge in [0.1, 0.15) is 0 Å². The van der Waals surface area contributed by atoms with E-state index in [0.29, 0.717) is 0 Å². The van der Waals surface area contributed by atoms with Crippen molar-refractivity contribution < 1.29 is 13.2 Å². The van der Waals surface area contributed by atoms with Gasteiger partial charge in [-0.1, -0.05) is 6.08 Å². The Balaban J connectivity index is 2.64. The summed E-state index contributed by atoms with van der Waals surface area (Å²) >= 11 is 5.41. The van der Waals surface area contributed by atoms with Crippen LogP contribution in [-0.4, -0.2) is 23.6 Å². The zero-order chi connectivity index (χ0) is 9.19. The van der Waals surface area contributed by atoms with Crippen molar-refractivity contribution in [1.82, 2.24) is 4.90 Å². The average Bonchev–Trinajstić information content (AvgIpc) is 2.03. The van der Waals surface area contributed by atoms with Crippen LogP contribution in [0, 0.1) is 0 Å². The van der Waals surface area contributed by atoms with E-state index in [1.807, 2.05) is 0 Å². The van der Waals surface area contributed by atoms with Crippen LogP contribution in [0.1, 0.15) is 0 Å². The number of halogens is 4. The van der Waals surface area contributed by atoms with Crippen molar-refractivity contribution in [3.63, 3.8) is 0 Å². The third-order valence-electron chi connectivity index (χ3n) is 1.49. The van der Waals surface area contributed by atoms with Crippen LogP contribution >= 0.6 is 11.6 Å². The first-order valence-corrected chi connectivity index (χ1v) is 3.83. The highest BCUT2D eigenvalue weighted by Crippen LogP contribution is 2.28. The van der Waals surface area contributed by atoms with Crippen molar-refractivity contribution in [2.45, 2.75) is 6.18 Å². The van der Waals surface area contributed by atoms with E-state index in [9.17, 15) is 13.2 Å². The molecule has 1 aliphatic rings. The van der Waals surface area contributed by atoms with E-state index >= 15 is 0 Å². The van der Waals surface area contributed by atoms with Gasteiger partial charge in [0.2, 0.25) is 0 Å². The molecule has 0 aromatic heterocycles. The predicted molar refractivity (Wildman–Crippen MR) is 40.7 cm³/mol. The maximum atomic E-state index is 12.0. The van der Waals surface area contributed by atoms with Crippen molar-refractivity contribution in [1.29, 1.82) is 0 Å². The second kappa shape index (κ2) is 3.39.